The molecule has 0 radical (unpaired) electrons. The number of ether oxygens (including phenoxy) is 1. The minimum atomic E-state index is -0.287. The average Bonchev–Trinajstić information content (AvgIpc) is 3.17. The van der Waals surface area contributed by atoms with Crippen LogP contribution in [0.25, 0.3) is 0 Å². The number of nitrogens with zero attached hydrogens (tertiary/aromatic N) is 3. The number of rotatable bonds is 2. The lowest BCUT2D eigenvalue weighted by molar-refractivity contribution is -0.142. The van der Waals surface area contributed by atoms with E-state index in [0.29, 0.717) is 49.8 Å². The molecule has 0 aromatic carbocycles. The van der Waals surface area contributed by atoms with Crippen LogP contribution in [0, 0.1) is 13.8 Å². The summed E-state index contributed by atoms with van der Waals surface area (Å²) in [5.41, 5.74) is 1.15. The number of aromatic nitrogens is 1. The van der Waals surface area contributed by atoms with Crippen LogP contribution in [0.3, 0.4) is 0 Å². The van der Waals surface area contributed by atoms with Crippen LogP contribution in [0.4, 0.5) is 0 Å². The summed E-state index contributed by atoms with van der Waals surface area (Å²) in [6.45, 7) is 6.33. The topological polar surface area (TPSA) is 75.9 Å². The van der Waals surface area contributed by atoms with E-state index in [1.54, 1.807) is 23.6 Å². The minimum absolute atomic E-state index is 0.0573. The third-order valence-electron chi connectivity index (χ3n) is 4.33. The van der Waals surface area contributed by atoms with E-state index in [1.165, 1.54) is 0 Å². The number of piperazine rings is 1. The molecule has 0 saturated carbocycles. The van der Waals surface area contributed by atoms with Crippen molar-refractivity contribution in [1.82, 2.24) is 15.0 Å². The zero-order valence-electron chi connectivity index (χ0n) is 13.0. The van der Waals surface area contributed by atoms with Crippen LogP contribution < -0.4 is 0 Å². The lowest BCUT2D eigenvalue weighted by atomic mass is 10.1. The van der Waals surface area contributed by atoms with Crippen molar-refractivity contribution in [3.05, 3.63) is 17.0 Å². The van der Waals surface area contributed by atoms with E-state index in [-0.39, 0.29) is 17.9 Å². The van der Waals surface area contributed by atoms with Crippen molar-refractivity contribution in [3.63, 3.8) is 0 Å². The molecule has 3 heterocycles. The molecule has 7 heteroatoms. The molecule has 3 rings (SSSR count). The minimum Gasteiger partial charge on any atom is -0.368 e. The average molecular weight is 307 g/mol. The number of hydrogen-bond donors (Lipinski definition) is 0. The maximum absolute atomic E-state index is 12.5. The van der Waals surface area contributed by atoms with Crippen LogP contribution in [0.15, 0.2) is 4.52 Å². The molecule has 7 nitrogen and oxygen atoms in total. The fraction of sp³-hybridized carbons (Fsp3) is 0.667. The van der Waals surface area contributed by atoms with Crippen molar-refractivity contribution < 1.29 is 18.8 Å². The van der Waals surface area contributed by atoms with Crippen molar-refractivity contribution in [2.24, 2.45) is 0 Å². The number of carbonyl (C=O) groups is 2. The van der Waals surface area contributed by atoms with Gasteiger partial charge in [-0.1, -0.05) is 5.16 Å². The van der Waals surface area contributed by atoms with E-state index in [1.807, 2.05) is 0 Å². The second kappa shape index (κ2) is 6.08. The van der Waals surface area contributed by atoms with Crippen LogP contribution in [0.1, 0.15) is 34.7 Å². The van der Waals surface area contributed by atoms with Crippen molar-refractivity contribution >= 4 is 11.8 Å². The van der Waals surface area contributed by atoms with Crippen LogP contribution in [-0.4, -0.2) is 65.7 Å². The Morgan fingerprint density at radius 2 is 1.82 bits per heavy atom. The Bertz CT molecular complexity index is 550. The predicted molar refractivity (Wildman–Crippen MR) is 77.4 cm³/mol. The van der Waals surface area contributed by atoms with E-state index in [2.05, 4.69) is 5.16 Å². The zero-order valence-corrected chi connectivity index (χ0v) is 13.0. The van der Waals surface area contributed by atoms with Gasteiger partial charge in [-0.25, -0.2) is 0 Å². The van der Waals surface area contributed by atoms with Crippen LogP contribution >= 0.6 is 0 Å². The van der Waals surface area contributed by atoms with E-state index in [9.17, 15) is 9.59 Å². The molecule has 120 valence electrons. The normalized spacial score (nSPS) is 22.2. The van der Waals surface area contributed by atoms with Gasteiger partial charge in [0.05, 0.1) is 5.69 Å². The fourth-order valence-corrected chi connectivity index (χ4v) is 3.05. The molecule has 2 aliphatic heterocycles. The standard InChI is InChI=1S/C15H21N3O4/c1-10-13(11(2)22-16-10)15(20)18-7-5-17(6-8-18)14(19)12-4-3-9-21-12/h12H,3-9H2,1-2H3/t12-/m0/s1. The van der Waals surface area contributed by atoms with Crippen LogP contribution in [0.2, 0.25) is 0 Å². The molecular formula is C15H21N3O4. The Hall–Kier alpha value is -1.89. The summed E-state index contributed by atoms with van der Waals surface area (Å²) in [5, 5.41) is 3.82. The fourth-order valence-electron chi connectivity index (χ4n) is 3.05. The number of amides is 2. The molecule has 2 saturated heterocycles. The molecule has 2 amide bonds. The van der Waals surface area contributed by atoms with E-state index < -0.39 is 0 Å². The highest BCUT2D eigenvalue weighted by Crippen LogP contribution is 2.18. The Kier molecular flexibility index (Phi) is 4.15. The maximum atomic E-state index is 12.5. The summed E-state index contributed by atoms with van der Waals surface area (Å²) in [4.78, 5) is 28.4. The molecule has 0 spiro atoms. The summed E-state index contributed by atoms with van der Waals surface area (Å²) in [5.74, 6) is 0.530. The van der Waals surface area contributed by atoms with Crippen LogP contribution in [0.5, 0.6) is 0 Å². The Balaban J connectivity index is 1.59. The third kappa shape index (κ3) is 2.72. The summed E-state index contributed by atoms with van der Waals surface area (Å²) in [6.07, 6.45) is 1.46. The van der Waals surface area contributed by atoms with Gasteiger partial charge < -0.3 is 19.1 Å². The summed E-state index contributed by atoms with van der Waals surface area (Å²) < 4.78 is 10.5. The molecular weight excluding hydrogens is 286 g/mol. The predicted octanol–water partition coefficient (Wildman–Crippen LogP) is 0.755. The highest BCUT2D eigenvalue weighted by molar-refractivity contribution is 5.96. The molecule has 0 N–H and O–H groups in total. The van der Waals surface area contributed by atoms with Crippen molar-refractivity contribution in [2.75, 3.05) is 32.8 Å². The van der Waals surface area contributed by atoms with Crippen molar-refractivity contribution in [1.29, 1.82) is 0 Å². The molecule has 0 aliphatic carbocycles. The van der Waals surface area contributed by atoms with Gasteiger partial charge in [-0.3, -0.25) is 9.59 Å². The van der Waals surface area contributed by atoms with Gasteiger partial charge in [-0.2, -0.15) is 0 Å². The summed E-state index contributed by atoms with van der Waals surface area (Å²) in [6, 6.07) is 0. The molecule has 1 aromatic rings. The number of carbonyl (C=O) groups excluding carboxylic acids is 2. The monoisotopic (exact) mass is 307 g/mol. The van der Waals surface area contributed by atoms with E-state index >= 15 is 0 Å². The van der Waals surface area contributed by atoms with Gasteiger partial charge in [0.15, 0.2) is 0 Å². The Morgan fingerprint density at radius 1 is 1.14 bits per heavy atom. The molecule has 22 heavy (non-hydrogen) atoms. The summed E-state index contributed by atoms with van der Waals surface area (Å²) >= 11 is 0. The van der Waals surface area contributed by atoms with E-state index in [4.69, 9.17) is 9.26 Å². The number of aryl methyl sites for hydroxylation is 2. The first-order valence-corrected chi connectivity index (χ1v) is 7.70. The smallest absolute Gasteiger partial charge is 0.259 e. The van der Waals surface area contributed by atoms with Gasteiger partial charge in [-0.15, -0.1) is 0 Å². The maximum Gasteiger partial charge on any atom is 0.259 e. The molecule has 2 fully saturated rings. The molecule has 1 atom stereocenters. The van der Waals surface area contributed by atoms with Crippen molar-refractivity contribution in [3.8, 4) is 0 Å². The lowest BCUT2D eigenvalue weighted by Crippen LogP contribution is -2.52. The molecule has 2 aliphatic rings. The Morgan fingerprint density at radius 3 is 2.36 bits per heavy atom. The highest BCUT2D eigenvalue weighted by Gasteiger charge is 2.32. The van der Waals surface area contributed by atoms with E-state index in [0.717, 1.165) is 12.8 Å². The molecule has 0 unspecified atom stereocenters. The first-order chi connectivity index (χ1) is 10.6. The van der Waals surface area contributed by atoms with Gasteiger partial charge >= 0.3 is 0 Å². The first kappa shape index (κ1) is 15.0. The van der Waals surface area contributed by atoms with Crippen LogP contribution in [-0.2, 0) is 9.53 Å². The second-order valence-electron chi connectivity index (χ2n) is 5.82. The highest BCUT2D eigenvalue weighted by atomic mass is 16.5. The van der Waals surface area contributed by atoms with Gasteiger partial charge in [0.2, 0.25) is 0 Å². The zero-order chi connectivity index (χ0) is 15.7. The summed E-state index contributed by atoms with van der Waals surface area (Å²) in [7, 11) is 0. The lowest BCUT2D eigenvalue weighted by Gasteiger charge is -2.35. The number of hydrogen-bond acceptors (Lipinski definition) is 5. The Labute approximate surface area is 129 Å². The van der Waals surface area contributed by atoms with Gasteiger partial charge in [0, 0.05) is 32.8 Å². The molecule has 0 bridgehead atoms. The van der Waals surface area contributed by atoms with Gasteiger partial charge in [0.25, 0.3) is 11.8 Å². The quantitative estimate of drug-likeness (QED) is 0.806. The third-order valence-corrected chi connectivity index (χ3v) is 4.33. The van der Waals surface area contributed by atoms with Gasteiger partial charge in [0.1, 0.15) is 17.4 Å². The van der Waals surface area contributed by atoms with Gasteiger partial charge in [-0.05, 0) is 26.7 Å². The molecule has 1 aromatic heterocycles. The first-order valence-electron chi connectivity index (χ1n) is 7.70. The second-order valence-corrected chi connectivity index (χ2v) is 5.82. The van der Waals surface area contributed by atoms with Crippen molar-refractivity contribution in [2.45, 2.75) is 32.8 Å². The largest absolute Gasteiger partial charge is 0.368 e. The SMILES string of the molecule is Cc1noc(C)c1C(=O)N1CCN(C(=O)[C@@H]2CCCO2)CC1.